The van der Waals surface area contributed by atoms with Crippen molar-refractivity contribution in [2.45, 2.75) is 31.2 Å². The van der Waals surface area contributed by atoms with Gasteiger partial charge >= 0.3 is 5.97 Å². The summed E-state index contributed by atoms with van der Waals surface area (Å²) in [4.78, 5) is 12.5. The van der Waals surface area contributed by atoms with Gasteiger partial charge in [-0.3, -0.25) is 0 Å². The molecule has 4 rings (SSSR count). The molecule has 2 aromatic rings. The molecule has 3 heteroatoms. The molecule has 2 aromatic carbocycles. The van der Waals surface area contributed by atoms with Crippen LogP contribution in [-0.2, 0) is 20.1 Å². The van der Waals surface area contributed by atoms with Crippen molar-refractivity contribution in [3.63, 3.8) is 0 Å². The van der Waals surface area contributed by atoms with Crippen LogP contribution >= 0.6 is 0 Å². The second-order valence-corrected chi connectivity index (χ2v) is 5.89. The Morgan fingerprint density at radius 2 is 1.67 bits per heavy atom. The van der Waals surface area contributed by atoms with Crippen LogP contribution in [0.2, 0.25) is 0 Å². The first-order valence-corrected chi connectivity index (χ1v) is 7.16. The molecule has 1 fully saturated rings. The van der Waals surface area contributed by atoms with Crippen LogP contribution in [0.3, 0.4) is 0 Å². The Bertz CT molecular complexity index is 724. The summed E-state index contributed by atoms with van der Waals surface area (Å²) in [5, 5.41) is 0. The zero-order valence-electron chi connectivity index (χ0n) is 12.0. The van der Waals surface area contributed by atoms with Crippen LogP contribution < -0.4 is 0 Å². The normalized spacial score (nSPS) is 33.4. The average Bonchev–Trinajstić information content (AvgIpc) is 2.78. The van der Waals surface area contributed by atoms with E-state index in [1.54, 1.807) is 0 Å². The number of esters is 1. The van der Waals surface area contributed by atoms with E-state index >= 15 is 0 Å². The summed E-state index contributed by atoms with van der Waals surface area (Å²) in [6.07, 6.45) is 0. The first-order valence-electron chi connectivity index (χ1n) is 7.16. The fourth-order valence-corrected chi connectivity index (χ4v) is 3.37. The van der Waals surface area contributed by atoms with Gasteiger partial charge in [-0.2, -0.15) is 0 Å². The number of hydrogen-bond acceptors (Lipinski definition) is 3. The number of rotatable bonds is 1. The molecule has 3 atom stereocenters. The first-order chi connectivity index (χ1) is 10.1. The molecule has 0 N–H and O–H groups in total. The number of fused-ring (bicyclic) bond motifs is 4. The lowest BCUT2D eigenvalue weighted by molar-refractivity contribution is -0.177. The van der Waals surface area contributed by atoms with Crippen LogP contribution in [0.4, 0.5) is 0 Å². The van der Waals surface area contributed by atoms with Crippen LogP contribution in [0.25, 0.3) is 0 Å². The van der Waals surface area contributed by atoms with Crippen LogP contribution in [0.5, 0.6) is 0 Å². The van der Waals surface area contributed by atoms with Crippen molar-refractivity contribution in [1.82, 2.24) is 0 Å². The van der Waals surface area contributed by atoms with Gasteiger partial charge in [0.1, 0.15) is 0 Å². The summed E-state index contributed by atoms with van der Waals surface area (Å²) < 4.78 is 12.0. The van der Waals surface area contributed by atoms with Crippen LogP contribution in [-0.4, -0.2) is 11.6 Å². The molecule has 0 saturated carbocycles. The molecular formula is C18H16O3. The maximum Gasteiger partial charge on any atom is 0.342 e. The van der Waals surface area contributed by atoms with E-state index in [0.717, 1.165) is 16.7 Å². The van der Waals surface area contributed by atoms with E-state index in [2.05, 4.69) is 6.07 Å². The molecule has 1 saturated heterocycles. The predicted octanol–water partition coefficient (Wildman–Crippen LogP) is 3.34. The zero-order chi connectivity index (χ0) is 14.7. The summed E-state index contributed by atoms with van der Waals surface area (Å²) in [5.41, 5.74) is 1.94. The minimum atomic E-state index is -1.11. The number of benzene rings is 2. The second-order valence-electron chi connectivity index (χ2n) is 5.89. The lowest BCUT2D eigenvalue weighted by Gasteiger charge is -2.39. The van der Waals surface area contributed by atoms with Crippen LogP contribution in [0.1, 0.15) is 36.5 Å². The Balaban J connectivity index is 2.04. The average molecular weight is 280 g/mol. The van der Waals surface area contributed by atoms with Gasteiger partial charge in [-0.1, -0.05) is 61.5 Å². The van der Waals surface area contributed by atoms with E-state index in [4.69, 9.17) is 9.47 Å². The fourth-order valence-electron chi connectivity index (χ4n) is 3.37. The second kappa shape index (κ2) is 3.95. The summed E-state index contributed by atoms with van der Waals surface area (Å²) in [6.45, 7) is 3.83. The van der Waals surface area contributed by atoms with E-state index in [9.17, 15) is 4.79 Å². The van der Waals surface area contributed by atoms with E-state index in [1.807, 2.05) is 62.4 Å². The van der Waals surface area contributed by atoms with Crippen molar-refractivity contribution in [2.24, 2.45) is 0 Å². The maximum absolute atomic E-state index is 12.5. The quantitative estimate of drug-likeness (QED) is 0.752. The van der Waals surface area contributed by atoms with Crippen molar-refractivity contribution in [3.05, 3.63) is 71.3 Å². The summed E-state index contributed by atoms with van der Waals surface area (Å²) >= 11 is 0. The van der Waals surface area contributed by atoms with E-state index in [1.165, 1.54) is 0 Å². The van der Waals surface area contributed by atoms with Crippen molar-refractivity contribution >= 4 is 5.97 Å². The Kier molecular flexibility index (Phi) is 2.37. The molecule has 2 bridgehead atoms. The SMILES string of the molecule is CC1c2ccccc2C2(c3ccccc3)OC(=O)C1(C)O2. The lowest BCUT2D eigenvalue weighted by atomic mass is 9.78. The highest BCUT2D eigenvalue weighted by Crippen LogP contribution is 2.55. The van der Waals surface area contributed by atoms with Gasteiger partial charge in [-0.15, -0.1) is 0 Å². The maximum atomic E-state index is 12.5. The minimum absolute atomic E-state index is 0.0412. The van der Waals surface area contributed by atoms with Crippen LogP contribution in [0.15, 0.2) is 54.6 Å². The topological polar surface area (TPSA) is 35.5 Å². The summed E-state index contributed by atoms with van der Waals surface area (Å²) in [7, 11) is 0. The molecule has 0 spiro atoms. The molecule has 2 aliphatic rings. The third-order valence-electron chi connectivity index (χ3n) is 4.76. The highest BCUT2D eigenvalue weighted by molar-refractivity contribution is 5.85. The number of carbonyl (C=O) groups is 1. The molecule has 2 heterocycles. The van der Waals surface area contributed by atoms with Gasteiger partial charge in [0.05, 0.1) is 0 Å². The third kappa shape index (κ3) is 1.44. The molecule has 3 nitrogen and oxygen atoms in total. The van der Waals surface area contributed by atoms with Gasteiger partial charge in [0.2, 0.25) is 0 Å². The molecule has 21 heavy (non-hydrogen) atoms. The molecule has 2 aliphatic heterocycles. The minimum Gasteiger partial charge on any atom is -0.422 e. The molecule has 0 radical (unpaired) electrons. The Morgan fingerprint density at radius 1 is 1.00 bits per heavy atom. The zero-order valence-corrected chi connectivity index (χ0v) is 12.0. The van der Waals surface area contributed by atoms with Crippen LogP contribution in [0, 0.1) is 0 Å². The summed E-state index contributed by atoms with van der Waals surface area (Å²) in [6, 6.07) is 17.7. The van der Waals surface area contributed by atoms with Crippen molar-refractivity contribution in [1.29, 1.82) is 0 Å². The number of ether oxygens (including phenoxy) is 2. The highest BCUT2D eigenvalue weighted by Gasteiger charge is 2.64. The van der Waals surface area contributed by atoms with Gasteiger partial charge in [0.15, 0.2) is 5.60 Å². The fraction of sp³-hybridized carbons (Fsp3) is 0.278. The highest BCUT2D eigenvalue weighted by atomic mass is 16.8. The van der Waals surface area contributed by atoms with Gasteiger partial charge < -0.3 is 9.47 Å². The first kappa shape index (κ1) is 12.6. The van der Waals surface area contributed by atoms with E-state index in [0.29, 0.717) is 0 Å². The standard InChI is InChI=1S/C18H16O3/c1-12-14-10-6-7-11-15(14)18(13-8-4-3-5-9-13)20-16(19)17(12,2)21-18/h3-12H,1-2H3. The molecule has 0 aromatic heterocycles. The Labute approximate surface area is 123 Å². The smallest absolute Gasteiger partial charge is 0.342 e. The Morgan fingerprint density at radius 3 is 2.43 bits per heavy atom. The van der Waals surface area contributed by atoms with Crippen molar-refractivity contribution in [2.75, 3.05) is 0 Å². The largest absolute Gasteiger partial charge is 0.422 e. The monoisotopic (exact) mass is 280 g/mol. The van der Waals surface area contributed by atoms with Crippen molar-refractivity contribution < 1.29 is 14.3 Å². The van der Waals surface area contributed by atoms with E-state index in [-0.39, 0.29) is 11.9 Å². The molecule has 106 valence electrons. The molecule has 3 unspecified atom stereocenters. The summed E-state index contributed by atoms with van der Waals surface area (Å²) in [5.74, 6) is -1.45. The molecule has 0 aliphatic carbocycles. The molecular weight excluding hydrogens is 264 g/mol. The van der Waals surface area contributed by atoms with Crippen molar-refractivity contribution in [3.8, 4) is 0 Å². The molecule has 0 amide bonds. The lowest BCUT2D eigenvalue weighted by Crippen LogP contribution is -2.44. The van der Waals surface area contributed by atoms with Gasteiger partial charge in [0.25, 0.3) is 5.79 Å². The van der Waals surface area contributed by atoms with Gasteiger partial charge in [-0.25, -0.2) is 4.79 Å². The number of hydrogen-bond donors (Lipinski definition) is 0. The number of carbonyl (C=O) groups excluding carboxylic acids is 1. The van der Waals surface area contributed by atoms with E-state index < -0.39 is 11.4 Å². The Hall–Kier alpha value is -2.13. The van der Waals surface area contributed by atoms with Gasteiger partial charge in [-0.05, 0) is 12.5 Å². The van der Waals surface area contributed by atoms with Gasteiger partial charge in [0, 0.05) is 17.0 Å². The predicted molar refractivity (Wildman–Crippen MR) is 77.7 cm³/mol. The third-order valence-corrected chi connectivity index (χ3v) is 4.76.